The molecule has 0 N–H and O–H groups in total. The number of benzene rings is 1. The molecule has 1 saturated carbocycles. The lowest BCUT2D eigenvalue weighted by molar-refractivity contribution is 0.0106. The SMILES string of the molecule is CCCC(Cc1ccccc1)N1CC2CCC1CC2. The molecule has 1 heteroatoms. The molecule has 2 bridgehead atoms. The minimum atomic E-state index is 0.778. The average molecular weight is 257 g/mol. The molecule has 4 rings (SSSR count). The largest absolute Gasteiger partial charge is 0.297 e. The van der Waals surface area contributed by atoms with Crippen molar-refractivity contribution in [3.63, 3.8) is 0 Å². The van der Waals surface area contributed by atoms with Crippen LogP contribution in [0.4, 0.5) is 0 Å². The summed E-state index contributed by atoms with van der Waals surface area (Å²) < 4.78 is 0. The van der Waals surface area contributed by atoms with Crippen molar-refractivity contribution >= 4 is 0 Å². The van der Waals surface area contributed by atoms with Gasteiger partial charge in [-0.15, -0.1) is 0 Å². The molecule has 1 aromatic carbocycles. The molecule has 104 valence electrons. The lowest BCUT2D eigenvalue weighted by atomic mass is 9.78. The maximum absolute atomic E-state index is 2.87. The van der Waals surface area contributed by atoms with Crippen LogP contribution in [0, 0.1) is 5.92 Å². The van der Waals surface area contributed by atoms with E-state index in [1.165, 1.54) is 57.1 Å². The normalized spacial score (nSPS) is 28.5. The van der Waals surface area contributed by atoms with Crippen LogP contribution in [0.2, 0.25) is 0 Å². The van der Waals surface area contributed by atoms with Crippen molar-refractivity contribution in [1.29, 1.82) is 0 Å². The zero-order valence-corrected chi connectivity index (χ0v) is 12.2. The van der Waals surface area contributed by atoms with E-state index in [2.05, 4.69) is 42.2 Å². The Morgan fingerprint density at radius 3 is 2.42 bits per heavy atom. The van der Waals surface area contributed by atoms with Crippen molar-refractivity contribution < 1.29 is 0 Å². The Morgan fingerprint density at radius 1 is 1.11 bits per heavy atom. The molecule has 0 spiro atoms. The molecule has 19 heavy (non-hydrogen) atoms. The van der Waals surface area contributed by atoms with E-state index in [0.29, 0.717) is 0 Å². The zero-order valence-electron chi connectivity index (χ0n) is 12.2. The third-order valence-corrected chi connectivity index (χ3v) is 5.16. The van der Waals surface area contributed by atoms with Gasteiger partial charge in [0.25, 0.3) is 0 Å². The number of hydrogen-bond donors (Lipinski definition) is 0. The van der Waals surface area contributed by atoms with Gasteiger partial charge in [0.2, 0.25) is 0 Å². The minimum Gasteiger partial charge on any atom is -0.297 e. The Morgan fingerprint density at radius 2 is 1.84 bits per heavy atom. The molecule has 1 atom stereocenters. The van der Waals surface area contributed by atoms with Crippen molar-refractivity contribution in [3.05, 3.63) is 35.9 Å². The topological polar surface area (TPSA) is 3.24 Å². The number of nitrogens with zero attached hydrogens (tertiary/aromatic N) is 1. The third-order valence-electron chi connectivity index (χ3n) is 5.16. The van der Waals surface area contributed by atoms with Crippen LogP contribution in [0.15, 0.2) is 30.3 Å². The average Bonchev–Trinajstić information content (AvgIpc) is 2.49. The van der Waals surface area contributed by atoms with Crippen LogP contribution in [0.5, 0.6) is 0 Å². The molecule has 1 aliphatic carbocycles. The Bertz CT molecular complexity index is 378. The summed E-state index contributed by atoms with van der Waals surface area (Å²) in [5, 5.41) is 0. The summed E-state index contributed by atoms with van der Waals surface area (Å²) in [6.45, 7) is 3.71. The summed E-state index contributed by atoms with van der Waals surface area (Å²) in [6, 6.07) is 12.8. The monoisotopic (exact) mass is 257 g/mol. The zero-order chi connectivity index (χ0) is 13.1. The van der Waals surface area contributed by atoms with E-state index < -0.39 is 0 Å². The van der Waals surface area contributed by atoms with E-state index in [9.17, 15) is 0 Å². The van der Waals surface area contributed by atoms with Crippen LogP contribution in [0.25, 0.3) is 0 Å². The second kappa shape index (κ2) is 6.09. The highest BCUT2D eigenvalue weighted by atomic mass is 15.2. The fourth-order valence-corrected chi connectivity index (χ4v) is 4.16. The van der Waals surface area contributed by atoms with E-state index in [-0.39, 0.29) is 0 Å². The Labute approximate surface area is 118 Å². The van der Waals surface area contributed by atoms with Crippen LogP contribution in [-0.2, 0) is 6.42 Å². The van der Waals surface area contributed by atoms with Gasteiger partial charge in [0.15, 0.2) is 0 Å². The molecule has 2 heterocycles. The van der Waals surface area contributed by atoms with Crippen molar-refractivity contribution in [2.45, 2.75) is 64.0 Å². The van der Waals surface area contributed by atoms with Gasteiger partial charge in [0, 0.05) is 18.6 Å². The molecular weight excluding hydrogens is 230 g/mol. The van der Waals surface area contributed by atoms with Crippen LogP contribution in [-0.4, -0.2) is 23.5 Å². The first-order chi connectivity index (χ1) is 9.36. The first-order valence-corrected chi connectivity index (χ1v) is 8.16. The molecule has 1 unspecified atom stereocenters. The van der Waals surface area contributed by atoms with Gasteiger partial charge in [-0.25, -0.2) is 0 Å². The lowest BCUT2D eigenvalue weighted by Crippen LogP contribution is -2.53. The highest BCUT2D eigenvalue weighted by Crippen LogP contribution is 2.37. The predicted molar refractivity (Wildman–Crippen MR) is 81.3 cm³/mol. The maximum atomic E-state index is 2.87. The fourth-order valence-electron chi connectivity index (χ4n) is 4.16. The number of hydrogen-bond acceptors (Lipinski definition) is 1. The van der Waals surface area contributed by atoms with E-state index in [0.717, 1.165) is 18.0 Å². The van der Waals surface area contributed by atoms with E-state index >= 15 is 0 Å². The molecule has 3 aliphatic rings. The highest BCUT2D eigenvalue weighted by Gasteiger charge is 2.36. The number of fused-ring (bicyclic) bond motifs is 3. The first-order valence-electron chi connectivity index (χ1n) is 8.16. The van der Waals surface area contributed by atoms with Crippen LogP contribution in [0.1, 0.15) is 51.0 Å². The maximum Gasteiger partial charge on any atom is 0.0139 e. The summed E-state index contributed by atoms with van der Waals surface area (Å²) in [4.78, 5) is 2.87. The quantitative estimate of drug-likeness (QED) is 0.761. The Hall–Kier alpha value is -0.820. The number of rotatable bonds is 5. The van der Waals surface area contributed by atoms with Gasteiger partial charge in [-0.1, -0.05) is 43.7 Å². The summed E-state index contributed by atoms with van der Waals surface area (Å²) in [5.41, 5.74) is 1.52. The molecule has 3 fully saturated rings. The summed E-state index contributed by atoms with van der Waals surface area (Å²) in [6.07, 6.45) is 9.82. The predicted octanol–water partition coefficient (Wildman–Crippen LogP) is 4.27. The van der Waals surface area contributed by atoms with Crippen LogP contribution in [0.3, 0.4) is 0 Å². The molecule has 2 aliphatic heterocycles. The molecule has 0 amide bonds. The second-order valence-corrected chi connectivity index (χ2v) is 6.50. The van der Waals surface area contributed by atoms with Gasteiger partial charge < -0.3 is 0 Å². The van der Waals surface area contributed by atoms with Crippen molar-refractivity contribution in [1.82, 2.24) is 4.90 Å². The molecule has 1 nitrogen and oxygen atoms in total. The van der Waals surface area contributed by atoms with E-state index in [4.69, 9.17) is 0 Å². The van der Waals surface area contributed by atoms with Gasteiger partial charge in [-0.05, 0) is 50.0 Å². The van der Waals surface area contributed by atoms with E-state index in [1.807, 2.05) is 0 Å². The lowest BCUT2D eigenvalue weighted by Gasteiger charge is -2.49. The second-order valence-electron chi connectivity index (χ2n) is 6.50. The number of piperidine rings is 2. The molecule has 0 aromatic heterocycles. The third kappa shape index (κ3) is 3.02. The summed E-state index contributed by atoms with van der Waals surface area (Å²) in [5.74, 6) is 1.00. The Kier molecular flexibility index (Phi) is 4.22. The molecule has 1 aromatic rings. The smallest absolute Gasteiger partial charge is 0.0139 e. The van der Waals surface area contributed by atoms with Crippen molar-refractivity contribution in [3.8, 4) is 0 Å². The first kappa shape index (κ1) is 13.2. The standard InChI is InChI=1S/C18H27N/c1-2-6-18(13-15-7-4-3-5-8-15)19-14-16-9-11-17(19)12-10-16/h3-5,7-8,16-18H,2,6,9-14H2,1H3. The van der Waals surface area contributed by atoms with Gasteiger partial charge in [-0.2, -0.15) is 0 Å². The summed E-state index contributed by atoms with van der Waals surface area (Å²) >= 11 is 0. The van der Waals surface area contributed by atoms with Crippen molar-refractivity contribution in [2.75, 3.05) is 6.54 Å². The minimum absolute atomic E-state index is 0.778. The van der Waals surface area contributed by atoms with Gasteiger partial charge >= 0.3 is 0 Å². The van der Waals surface area contributed by atoms with Gasteiger partial charge in [0.1, 0.15) is 0 Å². The van der Waals surface area contributed by atoms with Gasteiger partial charge in [0.05, 0.1) is 0 Å². The van der Waals surface area contributed by atoms with Gasteiger partial charge in [-0.3, -0.25) is 4.90 Å². The van der Waals surface area contributed by atoms with Crippen LogP contribution >= 0.6 is 0 Å². The summed E-state index contributed by atoms with van der Waals surface area (Å²) in [7, 11) is 0. The fraction of sp³-hybridized carbons (Fsp3) is 0.667. The molecule has 2 saturated heterocycles. The molecule has 0 radical (unpaired) electrons. The molecular formula is C18H27N. The highest BCUT2D eigenvalue weighted by molar-refractivity contribution is 5.16. The van der Waals surface area contributed by atoms with Crippen LogP contribution < -0.4 is 0 Å². The van der Waals surface area contributed by atoms with E-state index in [1.54, 1.807) is 0 Å². The van der Waals surface area contributed by atoms with Crippen molar-refractivity contribution in [2.24, 2.45) is 5.92 Å². The Balaban J connectivity index is 1.70.